The van der Waals surface area contributed by atoms with Crippen LogP contribution < -0.4 is 5.32 Å². The minimum absolute atomic E-state index is 0.669. The van der Waals surface area contributed by atoms with E-state index in [1.54, 1.807) is 10.8 Å². The van der Waals surface area contributed by atoms with E-state index in [9.17, 15) is 0 Å². The summed E-state index contributed by atoms with van der Waals surface area (Å²) in [6.07, 6.45) is 4.78. The molecule has 0 unspecified atom stereocenters. The first-order chi connectivity index (χ1) is 10.2. The van der Waals surface area contributed by atoms with Crippen LogP contribution in [0.5, 0.6) is 0 Å². The van der Waals surface area contributed by atoms with E-state index in [1.807, 2.05) is 0 Å². The molecule has 0 spiro atoms. The molecule has 1 aliphatic carbocycles. The van der Waals surface area contributed by atoms with Crippen molar-refractivity contribution in [2.24, 2.45) is 0 Å². The van der Waals surface area contributed by atoms with Crippen molar-refractivity contribution in [3.8, 4) is 0 Å². The molecule has 5 heteroatoms. The predicted molar refractivity (Wildman–Crippen MR) is 82.0 cm³/mol. The number of aromatic nitrogens is 4. The summed E-state index contributed by atoms with van der Waals surface area (Å²) in [6.45, 7) is 4.25. The highest BCUT2D eigenvalue weighted by Gasteiger charge is 2.21. The molecule has 3 aromatic rings. The predicted octanol–water partition coefficient (Wildman–Crippen LogP) is 2.97. The molecule has 1 aliphatic rings. The number of anilines is 2. The number of hydrogen-bond donors (Lipinski definition) is 1. The Morgan fingerprint density at radius 1 is 1.14 bits per heavy atom. The van der Waals surface area contributed by atoms with Gasteiger partial charge in [0.05, 0.1) is 5.69 Å². The van der Waals surface area contributed by atoms with Crippen molar-refractivity contribution in [2.45, 2.75) is 33.1 Å². The molecule has 2 heterocycles. The molecule has 2 aromatic heterocycles. The van der Waals surface area contributed by atoms with Crippen LogP contribution in [0.2, 0.25) is 0 Å². The second-order valence-electron chi connectivity index (χ2n) is 5.64. The molecule has 1 N–H and O–H groups in total. The highest BCUT2D eigenvalue weighted by atomic mass is 15.4. The standard InChI is InChI=1S/C16H17N5/c1-10-6-7-12(8-11(10)2)19-15-13-4-3-5-14(13)20-16-17-9-18-21(15)16/h6-9,19H,3-5H2,1-2H3. The minimum atomic E-state index is 0.669. The maximum absolute atomic E-state index is 4.60. The number of fused-ring (bicyclic) bond motifs is 2. The Morgan fingerprint density at radius 3 is 2.90 bits per heavy atom. The van der Waals surface area contributed by atoms with Gasteiger partial charge in [-0.2, -0.15) is 14.6 Å². The summed E-state index contributed by atoms with van der Waals surface area (Å²) in [4.78, 5) is 8.83. The molecular formula is C16H17N5. The van der Waals surface area contributed by atoms with Crippen molar-refractivity contribution < 1.29 is 0 Å². The van der Waals surface area contributed by atoms with E-state index in [1.165, 1.54) is 16.7 Å². The lowest BCUT2D eigenvalue weighted by molar-refractivity contribution is 0.900. The third-order valence-corrected chi connectivity index (χ3v) is 4.22. The molecule has 1 aromatic carbocycles. The molecule has 0 saturated heterocycles. The zero-order valence-corrected chi connectivity index (χ0v) is 12.2. The Bertz CT molecular complexity index is 834. The largest absolute Gasteiger partial charge is 0.340 e. The SMILES string of the molecule is Cc1ccc(Nc2c3c(nc4ncnn24)CCC3)cc1C. The lowest BCUT2D eigenvalue weighted by Gasteiger charge is -2.13. The topological polar surface area (TPSA) is 55.1 Å². The second-order valence-corrected chi connectivity index (χ2v) is 5.64. The molecule has 0 bridgehead atoms. The summed E-state index contributed by atoms with van der Waals surface area (Å²) in [7, 11) is 0. The van der Waals surface area contributed by atoms with E-state index in [2.05, 4.69) is 52.4 Å². The first-order valence-electron chi connectivity index (χ1n) is 7.28. The zero-order valence-electron chi connectivity index (χ0n) is 12.2. The van der Waals surface area contributed by atoms with E-state index in [0.717, 1.165) is 36.5 Å². The smallest absolute Gasteiger partial charge is 0.254 e. The zero-order chi connectivity index (χ0) is 14.4. The number of aryl methyl sites for hydroxylation is 3. The van der Waals surface area contributed by atoms with Gasteiger partial charge in [-0.1, -0.05) is 6.07 Å². The Kier molecular flexibility index (Phi) is 2.67. The van der Waals surface area contributed by atoms with E-state index < -0.39 is 0 Å². The van der Waals surface area contributed by atoms with E-state index >= 15 is 0 Å². The molecule has 0 saturated carbocycles. The van der Waals surface area contributed by atoms with Crippen molar-refractivity contribution in [1.29, 1.82) is 0 Å². The second kappa shape index (κ2) is 4.55. The Hall–Kier alpha value is -2.43. The summed E-state index contributed by atoms with van der Waals surface area (Å²) in [6, 6.07) is 6.41. The van der Waals surface area contributed by atoms with Crippen LogP contribution in [0.25, 0.3) is 5.78 Å². The van der Waals surface area contributed by atoms with Crippen molar-refractivity contribution in [1.82, 2.24) is 19.6 Å². The molecule has 5 nitrogen and oxygen atoms in total. The van der Waals surface area contributed by atoms with Crippen LogP contribution in [0.3, 0.4) is 0 Å². The Balaban J connectivity index is 1.85. The number of hydrogen-bond acceptors (Lipinski definition) is 4. The summed E-state index contributed by atoms with van der Waals surface area (Å²) in [5.41, 5.74) is 6.08. The van der Waals surface area contributed by atoms with Crippen LogP contribution in [0.15, 0.2) is 24.5 Å². The van der Waals surface area contributed by atoms with Crippen LogP contribution in [0.1, 0.15) is 28.8 Å². The highest BCUT2D eigenvalue weighted by Crippen LogP contribution is 2.30. The van der Waals surface area contributed by atoms with Crippen molar-refractivity contribution in [2.75, 3.05) is 5.32 Å². The van der Waals surface area contributed by atoms with Crippen LogP contribution in [0.4, 0.5) is 11.5 Å². The van der Waals surface area contributed by atoms with Crippen molar-refractivity contribution in [3.63, 3.8) is 0 Å². The van der Waals surface area contributed by atoms with Gasteiger partial charge in [-0.05, 0) is 56.4 Å². The Morgan fingerprint density at radius 2 is 2.05 bits per heavy atom. The minimum Gasteiger partial charge on any atom is -0.340 e. The monoisotopic (exact) mass is 279 g/mol. The van der Waals surface area contributed by atoms with Gasteiger partial charge in [-0.15, -0.1) is 0 Å². The molecule has 0 amide bonds. The van der Waals surface area contributed by atoms with Gasteiger partial charge in [0.1, 0.15) is 12.1 Å². The van der Waals surface area contributed by atoms with Gasteiger partial charge >= 0.3 is 0 Å². The molecule has 0 fully saturated rings. The fourth-order valence-corrected chi connectivity index (χ4v) is 2.91. The van der Waals surface area contributed by atoms with Gasteiger partial charge in [0.15, 0.2) is 0 Å². The normalized spacial score (nSPS) is 13.6. The van der Waals surface area contributed by atoms with E-state index in [-0.39, 0.29) is 0 Å². The average Bonchev–Trinajstić information content (AvgIpc) is 3.11. The van der Waals surface area contributed by atoms with Gasteiger partial charge < -0.3 is 5.32 Å². The molecule has 21 heavy (non-hydrogen) atoms. The third kappa shape index (κ3) is 1.96. The first-order valence-corrected chi connectivity index (χ1v) is 7.28. The average molecular weight is 279 g/mol. The number of nitrogens with zero attached hydrogens (tertiary/aromatic N) is 4. The van der Waals surface area contributed by atoms with Crippen molar-refractivity contribution in [3.05, 3.63) is 46.9 Å². The first kappa shape index (κ1) is 12.3. The molecular weight excluding hydrogens is 262 g/mol. The fourth-order valence-electron chi connectivity index (χ4n) is 2.91. The van der Waals surface area contributed by atoms with Crippen molar-refractivity contribution >= 4 is 17.3 Å². The van der Waals surface area contributed by atoms with Crippen LogP contribution >= 0.6 is 0 Å². The summed E-state index contributed by atoms with van der Waals surface area (Å²) in [5, 5.41) is 7.83. The lowest BCUT2D eigenvalue weighted by Crippen LogP contribution is -2.07. The number of benzene rings is 1. The molecule has 106 valence electrons. The van der Waals surface area contributed by atoms with E-state index in [4.69, 9.17) is 0 Å². The maximum Gasteiger partial charge on any atom is 0.254 e. The van der Waals surface area contributed by atoms with E-state index in [0.29, 0.717) is 5.78 Å². The van der Waals surface area contributed by atoms with Gasteiger partial charge in [0, 0.05) is 11.3 Å². The van der Waals surface area contributed by atoms with Crippen LogP contribution in [-0.2, 0) is 12.8 Å². The maximum atomic E-state index is 4.60. The van der Waals surface area contributed by atoms with Gasteiger partial charge in [-0.3, -0.25) is 0 Å². The summed E-state index contributed by atoms with van der Waals surface area (Å²) >= 11 is 0. The van der Waals surface area contributed by atoms with Crippen LogP contribution in [-0.4, -0.2) is 19.6 Å². The third-order valence-electron chi connectivity index (χ3n) is 4.22. The Labute approximate surface area is 123 Å². The van der Waals surface area contributed by atoms with Crippen LogP contribution in [0, 0.1) is 13.8 Å². The quantitative estimate of drug-likeness (QED) is 0.783. The molecule has 0 aliphatic heterocycles. The number of rotatable bonds is 2. The molecule has 0 atom stereocenters. The summed E-state index contributed by atoms with van der Waals surface area (Å²) in [5.74, 6) is 1.68. The molecule has 0 radical (unpaired) electrons. The highest BCUT2D eigenvalue weighted by molar-refractivity contribution is 5.64. The lowest BCUT2D eigenvalue weighted by atomic mass is 10.1. The van der Waals surface area contributed by atoms with Gasteiger partial charge in [0.2, 0.25) is 0 Å². The fraction of sp³-hybridized carbons (Fsp3) is 0.312. The number of nitrogens with one attached hydrogen (secondary N) is 1. The van der Waals surface area contributed by atoms with Gasteiger partial charge in [0.25, 0.3) is 5.78 Å². The molecule has 4 rings (SSSR count). The van der Waals surface area contributed by atoms with Gasteiger partial charge in [-0.25, -0.2) is 4.98 Å². The summed E-state index contributed by atoms with van der Waals surface area (Å²) < 4.78 is 1.80.